The van der Waals surface area contributed by atoms with E-state index in [2.05, 4.69) is 36.6 Å². The molecule has 5 nitrogen and oxygen atoms in total. The number of quaternary nitrogens is 1. The standard InChI is InChI=1S/C29H31N3O2/c1-32(21-27(33)23-11-5-2-6-12-23)19-17-26(18-20-32)31-22-29(30-28(31)34,24-13-7-3-8-14-24)25-15-9-4-10-16-25/h2-16,26H,17-22H2,1H3/p+1. The Labute approximate surface area is 201 Å². The van der Waals surface area contributed by atoms with Crippen LogP contribution in [0.5, 0.6) is 0 Å². The van der Waals surface area contributed by atoms with E-state index in [1.807, 2.05) is 71.6 Å². The molecule has 0 aliphatic carbocycles. The molecule has 0 spiro atoms. The zero-order chi connectivity index (χ0) is 23.6. The fourth-order valence-electron chi connectivity index (χ4n) is 5.56. The average Bonchev–Trinajstić information content (AvgIpc) is 3.24. The summed E-state index contributed by atoms with van der Waals surface area (Å²) in [6.07, 6.45) is 1.79. The first-order valence-electron chi connectivity index (χ1n) is 12.1. The van der Waals surface area contributed by atoms with Gasteiger partial charge in [0.05, 0.1) is 26.7 Å². The van der Waals surface area contributed by atoms with Crippen LogP contribution in [0.1, 0.15) is 34.3 Å². The van der Waals surface area contributed by atoms with Gasteiger partial charge in [-0.15, -0.1) is 0 Å². The fraction of sp³-hybridized carbons (Fsp3) is 0.310. The van der Waals surface area contributed by atoms with E-state index >= 15 is 0 Å². The predicted molar refractivity (Wildman–Crippen MR) is 133 cm³/mol. The molecule has 2 heterocycles. The summed E-state index contributed by atoms with van der Waals surface area (Å²) >= 11 is 0. The van der Waals surface area contributed by atoms with Gasteiger partial charge in [0, 0.05) is 24.4 Å². The van der Waals surface area contributed by atoms with Crippen molar-refractivity contribution in [2.75, 3.05) is 33.2 Å². The summed E-state index contributed by atoms with van der Waals surface area (Å²) in [7, 11) is 2.17. The third-order valence-electron chi connectivity index (χ3n) is 7.59. The molecule has 34 heavy (non-hydrogen) atoms. The number of rotatable bonds is 6. The summed E-state index contributed by atoms with van der Waals surface area (Å²) in [5.41, 5.74) is 2.42. The van der Waals surface area contributed by atoms with Crippen molar-refractivity contribution >= 4 is 11.8 Å². The van der Waals surface area contributed by atoms with E-state index in [1.165, 1.54) is 0 Å². The average molecular weight is 455 g/mol. The van der Waals surface area contributed by atoms with Crippen molar-refractivity contribution in [1.82, 2.24) is 10.2 Å². The van der Waals surface area contributed by atoms with Crippen molar-refractivity contribution in [3.8, 4) is 0 Å². The van der Waals surface area contributed by atoms with Crippen LogP contribution in [-0.4, -0.2) is 60.5 Å². The number of nitrogens with zero attached hydrogens (tertiary/aromatic N) is 2. The second-order valence-corrected chi connectivity index (χ2v) is 9.94. The lowest BCUT2D eigenvalue weighted by molar-refractivity contribution is -0.906. The molecule has 0 saturated carbocycles. The zero-order valence-corrected chi connectivity index (χ0v) is 19.7. The Morgan fingerprint density at radius 2 is 1.38 bits per heavy atom. The monoisotopic (exact) mass is 454 g/mol. The minimum absolute atomic E-state index is 0.00540. The molecule has 5 heteroatoms. The summed E-state index contributed by atoms with van der Waals surface area (Å²) in [5.74, 6) is 0.188. The largest absolute Gasteiger partial charge is 0.323 e. The number of amides is 2. The van der Waals surface area contributed by atoms with Crippen LogP contribution in [0.4, 0.5) is 4.79 Å². The number of nitrogens with one attached hydrogen (secondary N) is 1. The molecule has 0 radical (unpaired) electrons. The highest BCUT2D eigenvalue weighted by Crippen LogP contribution is 2.37. The number of likely N-dealkylation sites (N-methyl/N-ethyl adjacent to an activating group) is 1. The van der Waals surface area contributed by atoms with Crippen molar-refractivity contribution in [3.63, 3.8) is 0 Å². The first kappa shape index (κ1) is 22.4. The summed E-state index contributed by atoms with van der Waals surface area (Å²) in [6.45, 7) is 2.88. The van der Waals surface area contributed by atoms with Gasteiger partial charge < -0.3 is 14.7 Å². The number of carbonyl (C=O) groups excluding carboxylic acids is 2. The molecule has 0 aromatic heterocycles. The molecule has 5 rings (SSSR count). The Hall–Kier alpha value is -3.44. The highest BCUT2D eigenvalue weighted by molar-refractivity contribution is 5.96. The van der Waals surface area contributed by atoms with Crippen molar-refractivity contribution in [2.45, 2.75) is 24.4 Å². The quantitative estimate of drug-likeness (QED) is 0.442. The van der Waals surface area contributed by atoms with Gasteiger partial charge in [0.25, 0.3) is 0 Å². The number of piperidine rings is 1. The van der Waals surface area contributed by atoms with Gasteiger partial charge in [0.2, 0.25) is 5.78 Å². The van der Waals surface area contributed by atoms with Gasteiger partial charge in [-0.1, -0.05) is 91.0 Å². The summed E-state index contributed by atoms with van der Waals surface area (Å²) in [4.78, 5) is 28.2. The second-order valence-electron chi connectivity index (χ2n) is 9.94. The molecule has 1 N–H and O–H groups in total. The van der Waals surface area contributed by atoms with Crippen LogP contribution in [0, 0.1) is 0 Å². The maximum atomic E-state index is 13.3. The fourth-order valence-corrected chi connectivity index (χ4v) is 5.56. The number of carbonyl (C=O) groups is 2. The number of benzene rings is 3. The Kier molecular flexibility index (Phi) is 5.96. The van der Waals surface area contributed by atoms with Gasteiger partial charge in [-0.25, -0.2) is 4.79 Å². The number of likely N-dealkylation sites (tertiary alicyclic amines) is 1. The summed E-state index contributed by atoms with van der Waals surface area (Å²) in [6, 6.07) is 30.2. The Bertz CT molecular complexity index is 1100. The lowest BCUT2D eigenvalue weighted by atomic mass is 9.83. The third-order valence-corrected chi connectivity index (χ3v) is 7.59. The third kappa shape index (κ3) is 4.24. The summed E-state index contributed by atoms with van der Waals surface area (Å²) in [5, 5.41) is 3.35. The van der Waals surface area contributed by atoms with Crippen molar-refractivity contribution in [1.29, 1.82) is 0 Å². The maximum absolute atomic E-state index is 13.3. The van der Waals surface area contributed by atoms with Crippen LogP contribution in [0.3, 0.4) is 0 Å². The Morgan fingerprint density at radius 3 is 1.91 bits per heavy atom. The molecule has 2 saturated heterocycles. The first-order chi connectivity index (χ1) is 16.5. The molecule has 3 aromatic rings. The number of hydrogen-bond acceptors (Lipinski definition) is 2. The molecule has 0 atom stereocenters. The number of Topliss-reactive ketones (excluding diaryl/α,β-unsaturated/α-hetero) is 1. The van der Waals surface area contributed by atoms with Crippen molar-refractivity contribution in [3.05, 3.63) is 108 Å². The molecule has 2 aliphatic heterocycles. The molecular formula is C29H32N3O2+. The first-order valence-corrected chi connectivity index (χ1v) is 12.1. The normalized spacial score (nSPS) is 24.0. The van der Waals surface area contributed by atoms with Crippen molar-refractivity contribution in [2.24, 2.45) is 0 Å². The minimum atomic E-state index is -0.557. The predicted octanol–water partition coefficient (Wildman–Crippen LogP) is 4.45. The van der Waals surface area contributed by atoms with E-state index in [4.69, 9.17) is 0 Å². The second kappa shape index (κ2) is 9.07. The topological polar surface area (TPSA) is 49.4 Å². The van der Waals surface area contributed by atoms with Gasteiger partial charge in [0.15, 0.2) is 0 Å². The highest BCUT2D eigenvalue weighted by Gasteiger charge is 2.48. The van der Waals surface area contributed by atoms with Crippen LogP contribution in [0.15, 0.2) is 91.0 Å². The number of urea groups is 1. The van der Waals surface area contributed by atoms with E-state index in [0.717, 1.165) is 47.1 Å². The zero-order valence-electron chi connectivity index (χ0n) is 19.7. The number of hydrogen-bond donors (Lipinski definition) is 1. The molecule has 2 fully saturated rings. The lowest BCUT2D eigenvalue weighted by Gasteiger charge is -2.42. The summed E-state index contributed by atoms with van der Waals surface area (Å²) < 4.78 is 0.724. The Morgan fingerprint density at radius 1 is 0.882 bits per heavy atom. The van der Waals surface area contributed by atoms with Gasteiger partial charge >= 0.3 is 6.03 Å². The van der Waals surface area contributed by atoms with E-state index in [-0.39, 0.29) is 17.9 Å². The SMILES string of the molecule is C[N+]1(CC(=O)c2ccccc2)CCC(N2CC(c3ccccc3)(c3ccccc3)NC2=O)CC1. The van der Waals surface area contributed by atoms with Crippen LogP contribution in [0.2, 0.25) is 0 Å². The number of ketones is 1. The van der Waals surface area contributed by atoms with Gasteiger partial charge in [-0.3, -0.25) is 4.79 Å². The molecule has 3 aromatic carbocycles. The lowest BCUT2D eigenvalue weighted by Crippen LogP contribution is -2.56. The molecule has 2 amide bonds. The van der Waals surface area contributed by atoms with Crippen LogP contribution in [0.25, 0.3) is 0 Å². The maximum Gasteiger partial charge on any atom is 0.318 e. The van der Waals surface area contributed by atoms with Gasteiger partial charge in [0.1, 0.15) is 12.1 Å². The molecule has 2 aliphatic rings. The molecular weight excluding hydrogens is 422 g/mol. The van der Waals surface area contributed by atoms with E-state index in [1.54, 1.807) is 0 Å². The van der Waals surface area contributed by atoms with Gasteiger partial charge in [-0.2, -0.15) is 0 Å². The van der Waals surface area contributed by atoms with Crippen LogP contribution in [-0.2, 0) is 5.54 Å². The van der Waals surface area contributed by atoms with E-state index in [0.29, 0.717) is 13.1 Å². The van der Waals surface area contributed by atoms with E-state index < -0.39 is 5.54 Å². The molecule has 0 bridgehead atoms. The minimum Gasteiger partial charge on any atom is -0.323 e. The molecule has 0 unspecified atom stereocenters. The van der Waals surface area contributed by atoms with Crippen LogP contribution < -0.4 is 5.32 Å². The van der Waals surface area contributed by atoms with Crippen LogP contribution >= 0.6 is 0 Å². The van der Waals surface area contributed by atoms with E-state index in [9.17, 15) is 9.59 Å². The molecule has 174 valence electrons. The Balaban J connectivity index is 1.32. The smallest absolute Gasteiger partial charge is 0.318 e. The highest BCUT2D eigenvalue weighted by atomic mass is 16.2. The van der Waals surface area contributed by atoms with Gasteiger partial charge in [-0.05, 0) is 11.1 Å². The van der Waals surface area contributed by atoms with Crippen molar-refractivity contribution < 1.29 is 14.1 Å².